The van der Waals surface area contributed by atoms with Crippen LogP contribution in [0.4, 0.5) is 0 Å². The lowest BCUT2D eigenvalue weighted by molar-refractivity contribution is 0.466. The number of benzene rings is 2. The summed E-state index contributed by atoms with van der Waals surface area (Å²) < 4.78 is 2.68. The molecule has 2 unspecified atom stereocenters. The molecule has 2 N–H and O–H groups in total. The molecule has 2 rings (SSSR count). The van der Waals surface area contributed by atoms with Crippen molar-refractivity contribution in [1.29, 1.82) is 0 Å². The number of phenols is 2. The fourth-order valence-electron chi connectivity index (χ4n) is 2.27. The molecule has 22 heavy (non-hydrogen) atoms. The molecule has 0 aliphatic heterocycles. The third-order valence-electron chi connectivity index (χ3n) is 3.88. The smallest absolute Gasteiger partial charge is 0.143 e. The Bertz CT molecular complexity index is 608. The van der Waals surface area contributed by atoms with E-state index in [9.17, 15) is 10.2 Å². The maximum absolute atomic E-state index is 9.84. The van der Waals surface area contributed by atoms with E-state index >= 15 is 0 Å². The summed E-state index contributed by atoms with van der Waals surface area (Å²) in [4.78, 5) is 0. The number of halogens is 4. The average Bonchev–Trinajstić information content (AvgIpc) is 2.47. The van der Waals surface area contributed by atoms with Crippen molar-refractivity contribution in [3.8, 4) is 11.5 Å². The summed E-state index contributed by atoms with van der Waals surface area (Å²) in [5.41, 5.74) is 2.23. The third kappa shape index (κ3) is 3.71. The first kappa shape index (κ1) is 18.3. The molecule has 0 bridgehead atoms. The van der Waals surface area contributed by atoms with E-state index in [0.717, 1.165) is 11.1 Å². The summed E-state index contributed by atoms with van der Waals surface area (Å²) >= 11 is 13.5. The second-order valence-corrected chi connectivity index (χ2v) is 8.66. The molecule has 118 valence electrons. The van der Waals surface area contributed by atoms with Gasteiger partial charge in [-0.25, -0.2) is 0 Å². The highest BCUT2D eigenvalue weighted by atomic mass is 79.9. The van der Waals surface area contributed by atoms with E-state index in [4.69, 9.17) is 0 Å². The SMILES string of the molecule is CC(c1cc(Br)c(O)c(Br)c1)C(C)c1cc(Br)c(O)c(Br)c1. The number of hydrogen-bond acceptors (Lipinski definition) is 2. The average molecular weight is 558 g/mol. The van der Waals surface area contributed by atoms with Crippen LogP contribution in [0.2, 0.25) is 0 Å². The van der Waals surface area contributed by atoms with Gasteiger partial charge >= 0.3 is 0 Å². The van der Waals surface area contributed by atoms with Crippen LogP contribution in [0.1, 0.15) is 36.8 Å². The van der Waals surface area contributed by atoms with E-state index < -0.39 is 0 Å². The Kier molecular flexibility index (Phi) is 6.02. The van der Waals surface area contributed by atoms with Crippen LogP contribution in [0.3, 0.4) is 0 Å². The molecule has 0 radical (unpaired) electrons. The van der Waals surface area contributed by atoms with Crippen molar-refractivity contribution in [2.24, 2.45) is 0 Å². The summed E-state index contributed by atoms with van der Waals surface area (Å²) in [5, 5.41) is 19.7. The molecule has 2 nitrogen and oxygen atoms in total. The number of rotatable bonds is 3. The lowest BCUT2D eigenvalue weighted by atomic mass is 9.84. The maximum Gasteiger partial charge on any atom is 0.143 e. The Hall–Kier alpha value is -0.0400. The molecule has 2 atom stereocenters. The second kappa shape index (κ2) is 7.24. The van der Waals surface area contributed by atoms with Crippen LogP contribution in [0.25, 0.3) is 0 Å². The van der Waals surface area contributed by atoms with Crippen LogP contribution in [0, 0.1) is 0 Å². The number of aromatic hydroxyl groups is 2. The van der Waals surface area contributed by atoms with Gasteiger partial charge in [0.25, 0.3) is 0 Å². The van der Waals surface area contributed by atoms with Gasteiger partial charge in [-0.1, -0.05) is 13.8 Å². The van der Waals surface area contributed by atoms with E-state index in [2.05, 4.69) is 77.6 Å². The summed E-state index contributed by atoms with van der Waals surface area (Å²) in [6.45, 7) is 4.29. The van der Waals surface area contributed by atoms with Crippen molar-refractivity contribution in [2.75, 3.05) is 0 Å². The molecule has 0 amide bonds. The van der Waals surface area contributed by atoms with E-state index in [-0.39, 0.29) is 23.3 Å². The van der Waals surface area contributed by atoms with Gasteiger partial charge in [0, 0.05) is 0 Å². The van der Waals surface area contributed by atoms with E-state index in [1.165, 1.54) is 0 Å². The zero-order valence-electron chi connectivity index (χ0n) is 11.9. The highest BCUT2D eigenvalue weighted by Gasteiger charge is 2.20. The molecule has 0 heterocycles. The van der Waals surface area contributed by atoms with Gasteiger partial charge in [0.05, 0.1) is 17.9 Å². The molecule has 6 heteroatoms. The highest BCUT2D eigenvalue weighted by molar-refractivity contribution is 9.11. The summed E-state index contributed by atoms with van der Waals surface area (Å²) in [5.74, 6) is 0.880. The van der Waals surface area contributed by atoms with Crippen LogP contribution < -0.4 is 0 Å². The molecular formula is C16H14Br4O2. The van der Waals surface area contributed by atoms with Crippen LogP contribution in [0.5, 0.6) is 11.5 Å². The Labute approximate surface area is 163 Å². The highest BCUT2D eigenvalue weighted by Crippen LogP contribution is 2.42. The monoisotopic (exact) mass is 554 g/mol. The van der Waals surface area contributed by atoms with Crippen LogP contribution >= 0.6 is 63.7 Å². The first-order valence-corrected chi connectivity index (χ1v) is 9.75. The Morgan fingerprint density at radius 2 is 0.864 bits per heavy atom. The standard InChI is InChI=1S/C16H14Br4O2/c1-7(9-3-11(17)15(21)12(18)4-9)8(2)10-5-13(19)16(22)14(20)6-10/h3-8,21-22H,1-2H3. The van der Waals surface area contributed by atoms with Crippen molar-refractivity contribution >= 4 is 63.7 Å². The van der Waals surface area contributed by atoms with Gasteiger partial charge in [0.1, 0.15) is 11.5 Å². The molecule has 2 aromatic carbocycles. The minimum absolute atomic E-state index is 0.207. The van der Waals surface area contributed by atoms with Crippen LogP contribution in [-0.4, -0.2) is 10.2 Å². The lowest BCUT2D eigenvalue weighted by Gasteiger charge is -2.22. The minimum atomic E-state index is 0.207. The van der Waals surface area contributed by atoms with Gasteiger partial charge in [-0.05, 0) is 111 Å². The maximum atomic E-state index is 9.84. The molecular weight excluding hydrogens is 544 g/mol. The van der Waals surface area contributed by atoms with Gasteiger partial charge in [-0.3, -0.25) is 0 Å². The predicted octanol–water partition coefficient (Wildman–Crippen LogP) is 7.06. The topological polar surface area (TPSA) is 40.5 Å². The number of hydrogen-bond donors (Lipinski definition) is 2. The van der Waals surface area contributed by atoms with Gasteiger partial charge in [-0.2, -0.15) is 0 Å². The lowest BCUT2D eigenvalue weighted by Crippen LogP contribution is -2.05. The van der Waals surface area contributed by atoms with Crippen molar-refractivity contribution in [1.82, 2.24) is 0 Å². The Morgan fingerprint density at radius 3 is 1.09 bits per heavy atom. The van der Waals surface area contributed by atoms with Gasteiger partial charge in [0.2, 0.25) is 0 Å². The van der Waals surface area contributed by atoms with Gasteiger partial charge < -0.3 is 10.2 Å². The normalized spacial score (nSPS) is 13.9. The Balaban J connectivity index is 2.39. The zero-order valence-corrected chi connectivity index (χ0v) is 18.2. The molecule has 2 aromatic rings. The van der Waals surface area contributed by atoms with Crippen molar-refractivity contribution in [2.45, 2.75) is 25.7 Å². The quantitative estimate of drug-likeness (QED) is 0.424. The zero-order chi connectivity index (χ0) is 16.6. The Morgan fingerprint density at radius 1 is 0.636 bits per heavy atom. The predicted molar refractivity (Wildman–Crippen MR) is 104 cm³/mol. The van der Waals surface area contributed by atoms with Crippen LogP contribution in [-0.2, 0) is 0 Å². The third-order valence-corrected chi connectivity index (χ3v) is 6.30. The first-order chi connectivity index (χ1) is 10.2. The molecule has 0 fully saturated rings. The van der Waals surface area contributed by atoms with Crippen molar-refractivity contribution in [3.63, 3.8) is 0 Å². The van der Waals surface area contributed by atoms with Crippen LogP contribution in [0.15, 0.2) is 42.2 Å². The van der Waals surface area contributed by atoms with E-state index in [1.54, 1.807) is 0 Å². The first-order valence-electron chi connectivity index (χ1n) is 6.58. The second-order valence-electron chi connectivity index (χ2n) is 5.24. The summed E-state index contributed by atoms with van der Waals surface area (Å²) in [7, 11) is 0. The van der Waals surface area contributed by atoms with Gasteiger partial charge in [0.15, 0.2) is 0 Å². The summed E-state index contributed by atoms with van der Waals surface area (Å²) in [6.07, 6.45) is 0. The fourth-order valence-corrected chi connectivity index (χ4v) is 4.72. The molecule has 0 aliphatic rings. The largest absolute Gasteiger partial charge is 0.506 e. The molecule has 0 saturated carbocycles. The van der Waals surface area contributed by atoms with Crippen molar-refractivity contribution < 1.29 is 10.2 Å². The summed E-state index contributed by atoms with van der Waals surface area (Å²) in [6, 6.07) is 7.75. The van der Waals surface area contributed by atoms with Crippen molar-refractivity contribution in [3.05, 3.63) is 53.3 Å². The molecule has 0 saturated heterocycles. The molecule has 0 aliphatic carbocycles. The van der Waals surface area contributed by atoms with E-state index in [1.807, 2.05) is 24.3 Å². The van der Waals surface area contributed by atoms with E-state index in [0.29, 0.717) is 17.9 Å². The molecule has 0 aromatic heterocycles. The minimum Gasteiger partial charge on any atom is -0.506 e. The van der Waals surface area contributed by atoms with Gasteiger partial charge in [-0.15, -0.1) is 0 Å². The fraction of sp³-hybridized carbons (Fsp3) is 0.250. The molecule has 0 spiro atoms. The number of phenolic OH excluding ortho intramolecular Hbond substituents is 2.